The maximum Gasteiger partial charge on any atom is 0.0557 e. The second-order valence-electron chi connectivity index (χ2n) is 6.74. The molecule has 2 fully saturated rings. The van der Waals surface area contributed by atoms with Crippen molar-refractivity contribution in [3.8, 4) is 0 Å². The first kappa shape index (κ1) is 10.4. The zero-order valence-corrected chi connectivity index (χ0v) is 10.2. The molecule has 0 amide bonds. The van der Waals surface area contributed by atoms with E-state index in [0.717, 1.165) is 13.2 Å². The van der Waals surface area contributed by atoms with Gasteiger partial charge in [-0.15, -0.1) is 0 Å². The molecule has 2 rings (SSSR count). The van der Waals surface area contributed by atoms with Crippen LogP contribution >= 0.6 is 0 Å². The van der Waals surface area contributed by atoms with Gasteiger partial charge in [0.25, 0.3) is 0 Å². The van der Waals surface area contributed by atoms with Gasteiger partial charge in [-0.05, 0) is 41.0 Å². The van der Waals surface area contributed by atoms with E-state index in [1.54, 1.807) is 0 Å². The molecule has 2 heteroatoms. The van der Waals surface area contributed by atoms with E-state index in [1.807, 2.05) is 0 Å². The Balaban J connectivity index is 2.19. The molecule has 0 bridgehead atoms. The van der Waals surface area contributed by atoms with Crippen molar-refractivity contribution < 1.29 is 4.74 Å². The van der Waals surface area contributed by atoms with E-state index in [2.05, 4.69) is 39.5 Å². The molecule has 0 radical (unpaired) electrons. The van der Waals surface area contributed by atoms with Crippen molar-refractivity contribution in [3.63, 3.8) is 0 Å². The lowest BCUT2D eigenvalue weighted by atomic mass is 9.80. The molecule has 14 heavy (non-hydrogen) atoms. The summed E-state index contributed by atoms with van der Waals surface area (Å²) in [6.45, 7) is 14.8. The number of hydrogen-bond acceptors (Lipinski definition) is 2. The molecule has 1 spiro atoms. The minimum Gasteiger partial charge on any atom is -0.380 e. The highest BCUT2D eigenvalue weighted by atomic mass is 16.5. The Bertz CT molecular complexity index is 235. The smallest absolute Gasteiger partial charge is 0.0557 e. The highest BCUT2D eigenvalue weighted by molar-refractivity contribution is 5.07. The summed E-state index contributed by atoms with van der Waals surface area (Å²) in [4.78, 5) is 2.64. The van der Waals surface area contributed by atoms with Crippen molar-refractivity contribution in [1.82, 2.24) is 4.90 Å². The summed E-state index contributed by atoms with van der Waals surface area (Å²) in [6.07, 6.45) is 1.29. The van der Waals surface area contributed by atoms with Crippen molar-refractivity contribution in [1.29, 1.82) is 0 Å². The molecule has 2 nitrogen and oxygen atoms in total. The van der Waals surface area contributed by atoms with Gasteiger partial charge in [-0.2, -0.15) is 0 Å². The van der Waals surface area contributed by atoms with Gasteiger partial charge < -0.3 is 4.74 Å². The van der Waals surface area contributed by atoms with E-state index >= 15 is 0 Å². The summed E-state index contributed by atoms with van der Waals surface area (Å²) >= 11 is 0. The lowest BCUT2D eigenvalue weighted by Gasteiger charge is -2.42. The van der Waals surface area contributed by atoms with Crippen molar-refractivity contribution in [2.24, 2.45) is 5.41 Å². The Morgan fingerprint density at radius 3 is 1.93 bits per heavy atom. The molecule has 2 saturated heterocycles. The molecule has 0 saturated carbocycles. The largest absolute Gasteiger partial charge is 0.380 e. The molecule has 82 valence electrons. The maximum absolute atomic E-state index is 5.39. The normalized spacial score (nSPS) is 30.6. The summed E-state index contributed by atoms with van der Waals surface area (Å²) in [5.41, 5.74) is 1.10. The fourth-order valence-corrected chi connectivity index (χ4v) is 3.35. The van der Waals surface area contributed by atoms with Crippen LogP contribution in [0, 0.1) is 5.41 Å². The summed E-state index contributed by atoms with van der Waals surface area (Å²) in [5, 5.41) is 0. The van der Waals surface area contributed by atoms with Crippen LogP contribution < -0.4 is 0 Å². The molecule has 0 aromatic rings. The summed E-state index contributed by atoms with van der Waals surface area (Å²) < 4.78 is 5.39. The van der Waals surface area contributed by atoms with E-state index in [1.165, 1.54) is 13.0 Å². The number of nitrogens with zero attached hydrogens (tertiary/aromatic N) is 1. The molecule has 0 unspecified atom stereocenters. The monoisotopic (exact) mass is 197 g/mol. The van der Waals surface area contributed by atoms with Crippen LogP contribution in [0.3, 0.4) is 0 Å². The third-order valence-electron chi connectivity index (χ3n) is 3.66. The molecule has 0 aromatic heterocycles. The van der Waals surface area contributed by atoms with Gasteiger partial charge in [0.1, 0.15) is 0 Å². The van der Waals surface area contributed by atoms with Gasteiger partial charge in [0.05, 0.1) is 13.2 Å². The first-order chi connectivity index (χ1) is 6.25. The minimum absolute atomic E-state index is 0.280. The number of rotatable bonds is 0. The lowest BCUT2D eigenvalue weighted by molar-refractivity contribution is -0.108. The van der Waals surface area contributed by atoms with Crippen molar-refractivity contribution >= 4 is 0 Å². The van der Waals surface area contributed by atoms with Crippen LogP contribution in [-0.2, 0) is 4.74 Å². The number of hydrogen-bond donors (Lipinski definition) is 0. The third-order valence-corrected chi connectivity index (χ3v) is 3.66. The van der Waals surface area contributed by atoms with Crippen LogP contribution in [0.2, 0.25) is 0 Å². The minimum atomic E-state index is 0.280. The van der Waals surface area contributed by atoms with Gasteiger partial charge >= 0.3 is 0 Å². The summed E-state index contributed by atoms with van der Waals surface area (Å²) in [6, 6.07) is 0. The van der Waals surface area contributed by atoms with Gasteiger partial charge in [0.15, 0.2) is 0 Å². The molecule has 0 atom stereocenters. The van der Waals surface area contributed by atoms with Crippen LogP contribution in [0.15, 0.2) is 0 Å². The first-order valence-electron chi connectivity index (χ1n) is 5.61. The Hall–Kier alpha value is -0.0800. The van der Waals surface area contributed by atoms with Gasteiger partial charge in [0.2, 0.25) is 0 Å². The predicted molar refractivity (Wildman–Crippen MR) is 58.4 cm³/mol. The van der Waals surface area contributed by atoms with Crippen LogP contribution in [0.4, 0.5) is 0 Å². The standard InChI is InChI=1S/C12H23NO/c1-10(2,3)13-7-12(8-14-9-12)6-11(13,4)5/h6-9H2,1-5H3. The van der Waals surface area contributed by atoms with Gasteiger partial charge in [-0.1, -0.05) is 0 Å². The average molecular weight is 197 g/mol. The molecular weight excluding hydrogens is 174 g/mol. The van der Waals surface area contributed by atoms with Crippen molar-refractivity contribution in [3.05, 3.63) is 0 Å². The molecule has 0 aliphatic carbocycles. The average Bonchev–Trinajstić information content (AvgIpc) is 2.19. The Kier molecular flexibility index (Phi) is 2.04. The fraction of sp³-hybridized carbons (Fsp3) is 1.00. The summed E-state index contributed by atoms with van der Waals surface area (Å²) in [5.74, 6) is 0. The highest BCUT2D eigenvalue weighted by Gasteiger charge is 2.54. The van der Waals surface area contributed by atoms with Gasteiger partial charge in [-0.25, -0.2) is 0 Å². The van der Waals surface area contributed by atoms with E-state index in [-0.39, 0.29) is 5.54 Å². The molecule has 2 heterocycles. The molecule has 0 aromatic carbocycles. The van der Waals surface area contributed by atoms with Crippen LogP contribution in [0.5, 0.6) is 0 Å². The lowest BCUT2D eigenvalue weighted by Crippen LogP contribution is -2.51. The van der Waals surface area contributed by atoms with Crippen LogP contribution in [0.1, 0.15) is 41.0 Å². The third kappa shape index (κ3) is 1.49. The molecule has 2 aliphatic heterocycles. The van der Waals surface area contributed by atoms with E-state index < -0.39 is 0 Å². The van der Waals surface area contributed by atoms with Crippen molar-refractivity contribution in [2.75, 3.05) is 19.8 Å². The molecule has 0 N–H and O–H groups in total. The highest BCUT2D eigenvalue weighted by Crippen LogP contribution is 2.48. The van der Waals surface area contributed by atoms with E-state index in [0.29, 0.717) is 11.0 Å². The topological polar surface area (TPSA) is 12.5 Å². The quantitative estimate of drug-likeness (QED) is 0.591. The Labute approximate surface area is 87.6 Å². The second-order valence-corrected chi connectivity index (χ2v) is 6.74. The predicted octanol–water partition coefficient (Wildman–Crippen LogP) is 2.29. The first-order valence-corrected chi connectivity index (χ1v) is 5.61. The van der Waals surface area contributed by atoms with E-state index in [9.17, 15) is 0 Å². The van der Waals surface area contributed by atoms with Gasteiger partial charge in [0, 0.05) is 23.0 Å². The van der Waals surface area contributed by atoms with E-state index in [4.69, 9.17) is 4.74 Å². The maximum atomic E-state index is 5.39. The molecule has 2 aliphatic rings. The van der Waals surface area contributed by atoms with Crippen LogP contribution in [-0.4, -0.2) is 35.7 Å². The Morgan fingerprint density at radius 1 is 1.14 bits per heavy atom. The fourth-order valence-electron chi connectivity index (χ4n) is 3.35. The SMILES string of the molecule is CC(C)(C)N1CC2(COC2)CC1(C)C. The second kappa shape index (κ2) is 2.73. The van der Waals surface area contributed by atoms with Crippen LogP contribution in [0.25, 0.3) is 0 Å². The van der Waals surface area contributed by atoms with Gasteiger partial charge in [-0.3, -0.25) is 4.90 Å². The van der Waals surface area contributed by atoms with Crippen molar-refractivity contribution in [2.45, 2.75) is 52.1 Å². The number of ether oxygens (including phenoxy) is 1. The number of likely N-dealkylation sites (tertiary alicyclic amines) is 1. The Morgan fingerprint density at radius 2 is 1.71 bits per heavy atom. The zero-order valence-electron chi connectivity index (χ0n) is 10.2. The molecular formula is C12H23NO. The zero-order chi connectivity index (χ0) is 10.6. The summed E-state index contributed by atoms with van der Waals surface area (Å²) in [7, 11) is 0.